The van der Waals surface area contributed by atoms with Crippen molar-refractivity contribution < 1.29 is 28.6 Å². The van der Waals surface area contributed by atoms with Crippen molar-refractivity contribution in [1.82, 2.24) is 0 Å². The molecule has 0 unspecified atom stereocenters. The third-order valence-corrected chi connectivity index (χ3v) is 5.14. The standard InChI is InChI=1S/C22H25NO6S/c1-4-13-29-22(26)19-15(3)18(21(25)27-5-2)20(30-19)23-17(24)12-9-14-28-16-10-7-6-8-11-16/h4,6-8,10-11H,1,5,9,12-14H2,2-3H3,(H,23,24). The number of para-hydroxylation sites is 1. The summed E-state index contributed by atoms with van der Waals surface area (Å²) in [4.78, 5) is 37.3. The van der Waals surface area contributed by atoms with Gasteiger partial charge in [-0.05, 0) is 38.0 Å². The number of carbonyl (C=O) groups excluding carboxylic acids is 3. The van der Waals surface area contributed by atoms with Crippen LogP contribution in [0.25, 0.3) is 0 Å². The Morgan fingerprint density at radius 2 is 1.87 bits per heavy atom. The molecule has 0 spiro atoms. The van der Waals surface area contributed by atoms with Crippen molar-refractivity contribution in [3.63, 3.8) is 0 Å². The van der Waals surface area contributed by atoms with Crippen LogP contribution < -0.4 is 10.1 Å². The van der Waals surface area contributed by atoms with Crippen LogP contribution in [-0.2, 0) is 14.3 Å². The van der Waals surface area contributed by atoms with E-state index < -0.39 is 11.9 Å². The summed E-state index contributed by atoms with van der Waals surface area (Å²) in [6, 6.07) is 9.32. The number of rotatable bonds is 11. The van der Waals surface area contributed by atoms with E-state index >= 15 is 0 Å². The summed E-state index contributed by atoms with van der Waals surface area (Å²) in [6.07, 6.45) is 2.14. The van der Waals surface area contributed by atoms with Crippen molar-refractivity contribution in [3.05, 3.63) is 59.0 Å². The van der Waals surface area contributed by atoms with Crippen molar-refractivity contribution in [2.45, 2.75) is 26.7 Å². The number of anilines is 1. The Labute approximate surface area is 179 Å². The van der Waals surface area contributed by atoms with E-state index in [1.165, 1.54) is 6.08 Å². The Morgan fingerprint density at radius 1 is 1.13 bits per heavy atom. The van der Waals surface area contributed by atoms with Crippen LogP contribution in [0.15, 0.2) is 43.0 Å². The molecule has 0 aliphatic carbocycles. The van der Waals surface area contributed by atoms with Crippen molar-refractivity contribution in [1.29, 1.82) is 0 Å². The Kier molecular flexibility index (Phi) is 9.08. The molecule has 0 aliphatic rings. The van der Waals surface area contributed by atoms with Gasteiger partial charge < -0.3 is 19.5 Å². The van der Waals surface area contributed by atoms with E-state index in [-0.39, 0.29) is 41.0 Å². The molecule has 1 amide bonds. The van der Waals surface area contributed by atoms with Gasteiger partial charge in [-0.15, -0.1) is 11.3 Å². The first kappa shape index (κ1) is 23.2. The lowest BCUT2D eigenvalue weighted by atomic mass is 10.1. The van der Waals surface area contributed by atoms with Crippen molar-refractivity contribution in [2.24, 2.45) is 0 Å². The summed E-state index contributed by atoms with van der Waals surface area (Å²) in [5, 5.41) is 2.98. The Bertz CT molecular complexity index is 891. The zero-order valence-corrected chi connectivity index (χ0v) is 17.9. The third-order valence-electron chi connectivity index (χ3n) is 3.96. The van der Waals surface area contributed by atoms with E-state index in [9.17, 15) is 14.4 Å². The van der Waals surface area contributed by atoms with Gasteiger partial charge in [0.05, 0.1) is 18.8 Å². The minimum atomic E-state index is -0.600. The first-order valence-electron chi connectivity index (χ1n) is 9.54. The van der Waals surface area contributed by atoms with E-state index in [2.05, 4.69) is 11.9 Å². The number of esters is 2. The molecule has 0 radical (unpaired) electrons. The topological polar surface area (TPSA) is 90.9 Å². The molecule has 0 bridgehead atoms. The molecule has 7 nitrogen and oxygen atoms in total. The number of hydrogen-bond donors (Lipinski definition) is 1. The van der Waals surface area contributed by atoms with Gasteiger partial charge in [-0.3, -0.25) is 4.79 Å². The monoisotopic (exact) mass is 431 g/mol. The molecule has 0 fully saturated rings. The van der Waals surface area contributed by atoms with E-state index in [1.807, 2.05) is 30.3 Å². The lowest BCUT2D eigenvalue weighted by Gasteiger charge is -2.08. The number of nitrogens with one attached hydrogen (secondary N) is 1. The van der Waals surface area contributed by atoms with E-state index in [1.54, 1.807) is 13.8 Å². The maximum atomic E-state index is 12.4. The molecule has 1 N–H and O–H groups in total. The second kappa shape index (κ2) is 11.8. The van der Waals surface area contributed by atoms with Crippen LogP contribution in [0.4, 0.5) is 5.00 Å². The lowest BCUT2D eigenvalue weighted by Crippen LogP contribution is -2.15. The second-order valence-electron chi connectivity index (χ2n) is 6.18. The summed E-state index contributed by atoms with van der Waals surface area (Å²) in [7, 11) is 0. The minimum Gasteiger partial charge on any atom is -0.494 e. The highest BCUT2D eigenvalue weighted by atomic mass is 32.1. The van der Waals surface area contributed by atoms with Crippen LogP contribution in [0, 0.1) is 6.92 Å². The molecule has 1 aromatic heterocycles. The van der Waals surface area contributed by atoms with Crippen LogP contribution in [0.3, 0.4) is 0 Å². The molecule has 0 atom stereocenters. The van der Waals surface area contributed by atoms with Gasteiger partial charge in [0.2, 0.25) is 5.91 Å². The molecule has 0 saturated heterocycles. The predicted molar refractivity (Wildman–Crippen MR) is 115 cm³/mol. The zero-order valence-electron chi connectivity index (χ0n) is 17.1. The maximum Gasteiger partial charge on any atom is 0.348 e. The minimum absolute atomic E-state index is 0.0496. The van der Waals surface area contributed by atoms with Crippen molar-refractivity contribution >= 4 is 34.2 Å². The Hall–Kier alpha value is -3.13. The Morgan fingerprint density at radius 3 is 2.53 bits per heavy atom. The molecule has 0 saturated carbocycles. The first-order valence-corrected chi connectivity index (χ1v) is 10.4. The fourth-order valence-electron chi connectivity index (χ4n) is 2.57. The van der Waals surface area contributed by atoms with Gasteiger partial charge in [0.1, 0.15) is 22.2 Å². The number of amides is 1. The number of hydrogen-bond acceptors (Lipinski definition) is 7. The number of benzene rings is 1. The molecule has 2 rings (SSSR count). The van der Waals surface area contributed by atoms with Gasteiger partial charge in [-0.2, -0.15) is 0 Å². The maximum absolute atomic E-state index is 12.4. The SMILES string of the molecule is C=CCOC(=O)c1sc(NC(=O)CCCOc2ccccc2)c(C(=O)OCC)c1C. The van der Waals surface area contributed by atoms with Gasteiger partial charge in [0.15, 0.2) is 0 Å². The summed E-state index contributed by atoms with van der Waals surface area (Å²) in [6.45, 7) is 7.41. The summed E-state index contributed by atoms with van der Waals surface area (Å²) < 4.78 is 15.7. The third kappa shape index (κ3) is 6.45. The fraction of sp³-hybridized carbons (Fsp3) is 0.318. The summed E-state index contributed by atoms with van der Waals surface area (Å²) in [5.74, 6) is -0.736. The quantitative estimate of drug-likeness (QED) is 0.323. The lowest BCUT2D eigenvalue weighted by molar-refractivity contribution is -0.116. The van der Waals surface area contributed by atoms with Crippen molar-refractivity contribution in [3.8, 4) is 5.75 Å². The molecular formula is C22H25NO6S. The largest absolute Gasteiger partial charge is 0.494 e. The van der Waals surface area contributed by atoms with Crippen LogP contribution >= 0.6 is 11.3 Å². The van der Waals surface area contributed by atoms with Crippen LogP contribution in [0.5, 0.6) is 5.75 Å². The van der Waals surface area contributed by atoms with Crippen LogP contribution in [-0.4, -0.2) is 37.7 Å². The molecule has 0 aliphatic heterocycles. The van der Waals surface area contributed by atoms with Crippen molar-refractivity contribution in [2.75, 3.05) is 25.1 Å². The molecule has 1 aromatic carbocycles. The average Bonchev–Trinajstić information content (AvgIpc) is 3.06. The summed E-state index contributed by atoms with van der Waals surface area (Å²) in [5.41, 5.74) is 0.580. The molecule has 8 heteroatoms. The molecular weight excluding hydrogens is 406 g/mol. The highest BCUT2D eigenvalue weighted by molar-refractivity contribution is 7.18. The van der Waals surface area contributed by atoms with Crippen LogP contribution in [0.2, 0.25) is 0 Å². The molecule has 160 valence electrons. The van der Waals surface area contributed by atoms with Gasteiger partial charge in [-0.25, -0.2) is 9.59 Å². The molecule has 2 aromatic rings. The van der Waals surface area contributed by atoms with Gasteiger partial charge in [0.25, 0.3) is 0 Å². The van der Waals surface area contributed by atoms with Crippen LogP contribution in [0.1, 0.15) is 45.4 Å². The van der Waals surface area contributed by atoms with Gasteiger partial charge >= 0.3 is 11.9 Å². The number of ether oxygens (including phenoxy) is 3. The zero-order chi connectivity index (χ0) is 21.9. The number of thiophene rings is 1. The van der Waals surface area contributed by atoms with E-state index in [4.69, 9.17) is 14.2 Å². The molecule has 1 heterocycles. The van der Waals surface area contributed by atoms with Gasteiger partial charge in [-0.1, -0.05) is 30.9 Å². The highest BCUT2D eigenvalue weighted by Crippen LogP contribution is 2.34. The predicted octanol–water partition coefficient (Wildman–Crippen LogP) is 4.37. The van der Waals surface area contributed by atoms with E-state index in [0.717, 1.165) is 17.1 Å². The van der Waals surface area contributed by atoms with Gasteiger partial charge in [0, 0.05) is 6.42 Å². The summed E-state index contributed by atoms with van der Waals surface area (Å²) >= 11 is 0.990. The number of carbonyl (C=O) groups is 3. The first-order chi connectivity index (χ1) is 14.5. The smallest absolute Gasteiger partial charge is 0.348 e. The average molecular weight is 432 g/mol. The fourth-order valence-corrected chi connectivity index (χ4v) is 3.68. The van der Waals surface area contributed by atoms with E-state index in [0.29, 0.717) is 18.6 Å². The highest BCUT2D eigenvalue weighted by Gasteiger charge is 2.27. The molecule has 30 heavy (non-hydrogen) atoms. The Balaban J connectivity index is 2.04. The second-order valence-corrected chi connectivity index (χ2v) is 7.20. The normalized spacial score (nSPS) is 10.2.